The lowest BCUT2D eigenvalue weighted by Gasteiger charge is -2.07. The predicted octanol–water partition coefficient (Wildman–Crippen LogP) is 2.45. The number of primary sulfonamides is 1. The smallest absolute Gasteiger partial charge is 0.238 e. The number of nitrogens with two attached hydrogens (primary N) is 1. The molecule has 0 aliphatic rings. The second kappa shape index (κ2) is 6.55. The van der Waals surface area contributed by atoms with Crippen molar-refractivity contribution in [2.24, 2.45) is 5.14 Å². The molecule has 0 aliphatic carbocycles. The van der Waals surface area contributed by atoms with Crippen LogP contribution in [0.5, 0.6) is 0 Å². The van der Waals surface area contributed by atoms with E-state index in [0.29, 0.717) is 6.54 Å². The molecule has 0 bridgehead atoms. The van der Waals surface area contributed by atoms with Crippen molar-refractivity contribution in [1.82, 2.24) is 4.98 Å². The Morgan fingerprint density at radius 2 is 1.86 bits per heavy atom. The number of anilines is 1. The zero-order valence-electron chi connectivity index (χ0n) is 11.5. The van der Waals surface area contributed by atoms with Crippen molar-refractivity contribution in [3.8, 4) is 0 Å². The molecule has 21 heavy (non-hydrogen) atoms. The van der Waals surface area contributed by atoms with Crippen molar-refractivity contribution in [2.75, 3.05) is 11.9 Å². The Bertz CT molecular complexity index is 730. The van der Waals surface area contributed by atoms with E-state index in [2.05, 4.69) is 26.2 Å². The van der Waals surface area contributed by atoms with Gasteiger partial charge >= 0.3 is 0 Å². The van der Waals surface area contributed by atoms with E-state index >= 15 is 0 Å². The predicted molar refractivity (Wildman–Crippen MR) is 86.7 cm³/mol. The summed E-state index contributed by atoms with van der Waals surface area (Å²) in [5.74, 6) is 0.817. The highest BCUT2D eigenvalue weighted by Gasteiger charge is 2.06. The lowest BCUT2D eigenvalue weighted by Crippen LogP contribution is -2.12. The first-order valence-corrected chi connectivity index (χ1v) is 8.69. The quantitative estimate of drug-likeness (QED) is 0.847. The zero-order chi connectivity index (χ0) is 15.5. The summed E-state index contributed by atoms with van der Waals surface area (Å²) >= 11 is 3.41. The summed E-state index contributed by atoms with van der Waals surface area (Å²) < 4.78 is 23.3. The summed E-state index contributed by atoms with van der Waals surface area (Å²) in [6, 6.07) is 10.4. The third kappa shape index (κ3) is 4.52. The highest BCUT2D eigenvalue weighted by molar-refractivity contribution is 9.10. The first-order valence-electron chi connectivity index (χ1n) is 6.35. The van der Waals surface area contributed by atoms with Gasteiger partial charge < -0.3 is 5.32 Å². The van der Waals surface area contributed by atoms with Crippen LogP contribution >= 0.6 is 15.9 Å². The van der Waals surface area contributed by atoms with E-state index in [1.807, 2.05) is 19.1 Å². The van der Waals surface area contributed by atoms with Crippen LogP contribution in [-0.2, 0) is 16.4 Å². The summed E-state index contributed by atoms with van der Waals surface area (Å²) in [6.45, 7) is 2.64. The molecule has 0 amide bonds. The van der Waals surface area contributed by atoms with Gasteiger partial charge in [0.05, 0.1) is 10.6 Å². The molecule has 0 fully saturated rings. The van der Waals surface area contributed by atoms with Gasteiger partial charge in [0.1, 0.15) is 5.82 Å². The van der Waals surface area contributed by atoms with Gasteiger partial charge in [-0.25, -0.2) is 18.5 Å². The monoisotopic (exact) mass is 369 g/mol. The number of aryl methyl sites for hydroxylation is 1. The fraction of sp³-hybridized carbons (Fsp3) is 0.214. The van der Waals surface area contributed by atoms with Gasteiger partial charge in [-0.3, -0.25) is 0 Å². The van der Waals surface area contributed by atoms with Gasteiger partial charge in [-0.1, -0.05) is 12.1 Å². The number of aromatic nitrogens is 1. The van der Waals surface area contributed by atoms with Gasteiger partial charge in [0.25, 0.3) is 0 Å². The number of sulfonamides is 1. The van der Waals surface area contributed by atoms with Crippen LogP contribution in [0, 0.1) is 6.92 Å². The number of benzene rings is 1. The van der Waals surface area contributed by atoms with E-state index in [9.17, 15) is 8.42 Å². The first-order chi connectivity index (χ1) is 9.86. The van der Waals surface area contributed by atoms with Crippen molar-refractivity contribution < 1.29 is 8.42 Å². The van der Waals surface area contributed by atoms with Crippen LogP contribution < -0.4 is 10.5 Å². The Hall–Kier alpha value is -1.44. The van der Waals surface area contributed by atoms with Crippen molar-refractivity contribution in [1.29, 1.82) is 0 Å². The van der Waals surface area contributed by atoms with Gasteiger partial charge in [0, 0.05) is 11.0 Å². The molecule has 0 aliphatic heterocycles. The molecule has 0 atom stereocenters. The minimum atomic E-state index is -3.62. The molecule has 0 unspecified atom stereocenters. The molecule has 3 N–H and O–H groups in total. The Morgan fingerprint density at radius 3 is 2.43 bits per heavy atom. The topological polar surface area (TPSA) is 85.1 Å². The van der Waals surface area contributed by atoms with Crippen LogP contribution in [0.25, 0.3) is 0 Å². The van der Waals surface area contributed by atoms with Crippen molar-refractivity contribution >= 4 is 31.8 Å². The van der Waals surface area contributed by atoms with Crippen molar-refractivity contribution in [3.63, 3.8) is 0 Å². The van der Waals surface area contributed by atoms with E-state index in [-0.39, 0.29) is 4.90 Å². The maximum Gasteiger partial charge on any atom is 0.238 e. The molecule has 1 aromatic heterocycles. The van der Waals surface area contributed by atoms with Crippen LogP contribution in [0.4, 0.5) is 5.82 Å². The number of hydrogen-bond acceptors (Lipinski definition) is 4. The number of nitrogens with zero attached hydrogens (tertiary/aromatic N) is 1. The average Bonchev–Trinajstić information content (AvgIpc) is 2.42. The molecule has 0 radical (unpaired) electrons. The number of halogens is 1. The second-order valence-corrected chi connectivity index (χ2v) is 7.05. The number of hydrogen-bond donors (Lipinski definition) is 2. The highest BCUT2D eigenvalue weighted by Crippen LogP contribution is 2.16. The molecular weight excluding hydrogens is 354 g/mol. The van der Waals surface area contributed by atoms with Gasteiger partial charge in [-0.15, -0.1) is 0 Å². The number of pyridine rings is 1. The lowest BCUT2D eigenvalue weighted by atomic mass is 10.1. The molecule has 0 saturated heterocycles. The van der Waals surface area contributed by atoms with Crippen LogP contribution in [0.15, 0.2) is 45.8 Å². The standard InChI is InChI=1S/C14H16BrN3O2S/c1-10-13(15)6-7-14(18-10)17-9-8-11-2-4-12(5-3-11)21(16,19)20/h2-7H,8-9H2,1H3,(H,17,18)(H2,16,19,20). The summed E-state index contributed by atoms with van der Waals surface area (Å²) in [4.78, 5) is 4.53. The van der Waals surface area contributed by atoms with Crippen LogP contribution in [0.3, 0.4) is 0 Å². The van der Waals surface area contributed by atoms with Gasteiger partial charge in [0.2, 0.25) is 10.0 Å². The molecular formula is C14H16BrN3O2S. The summed E-state index contributed by atoms with van der Waals surface area (Å²) in [7, 11) is -3.62. The third-order valence-corrected chi connectivity index (χ3v) is 4.76. The summed E-state index contributed by atoms with van der Waals surface area (Å²) in [5, 5.41) is 8.29. The Balaban J connectivity index is 1.93. The van der Waals surface area contributed by atoms with E-state index in [0.717, 1.165) is 28.0 Å². The zero-order valence-corrected chi connectivity index (χ0v) is 13.9. The van der Waals surface area contributed by atoms with E-state index in [4.69, 9.17) is 5.14 Å². The van der Waals surface area contributed by atoms with E-state index in [1.165, 1.54) is 12.1 Å². The molecule has 0 saturated carbocycles. The van der Waals surface area contributed by atoms with Gasteiger partial charge in [0.15, 0.2) is 0 Å². The minimum absolute atomic E-state index is 0.129. The molecule has 7 heteroatoms. The minimum Gasteiger partial charge on any atom is -0.370 e. The van der Waals surface area contributed by atoms with Crippen molar-refractivity contribution in [2.45, 2.75) is 18.2 Å². The summed E-state index contributed by atoms with van der Waals surface area (Å²) in [6.07, 6.45) is 0.766. The largest absolute Gasteiger partial charge is 0.370 e. The number of rotatable bonds is 5. The van der Waals surface area contributed by atoms with Crippen LogP contribution in [0.2, 0.25) is 0 Å². The van der Waals surface area contributed by atoms with Gasteiger partial charge in [-0.2, -0.15) is 0 Å². The highest BCUT2D eigenvalue weighted by atomic mass is 79.9. The second-order valence-electron chi connectivity index (χ2n) is 4.63. The third-order valence-electron chi connectivity index (χ3n) is 2.99. The van der Waals surface area contributed by atoms with Crippen molar-refractivity contribution in [3.05, 3.63) is 52.1 Å². The molecule has 5 nitrogen and oxygen atoms in total. The molecule has 2 aromatic rings. The van der Waals surface area contributed by atoms with E-state index in [1.54, 1.807) is 12.1 Å². The van der Waals surface area contributed by atoms with Crippen LogP contribution in [-0.4, -0.2) is 19.9 Å². The average molecular weight is 370 g/mol. The first kappa shape index (κ1) is 15.9. The molecule has 1 heterocycles. The maximum atomic E-state index is 11.2. The molecule has 0 spiro atoms. The normalized spacial score (nSPS) is 11.4. The lowest BCUT2D eigenvalue weighted by molar-refractivity contribution is 0.598. The Morgan fingerprint density at radius 1 is 1.19 bits per heavy atom. The van der Waals surface area contributed by atoms with E-state index < -0.39 is 10.0 Å². The van der Waals surface area contributed by atoms with Gasteiger partial charge in [-0.05, 0) is 59.1 Å². The molecule has 2 rings (SSSR count). The molecule has 1 aromatic carbocycles. The van der Waals surface area contributed by atoms with Crippen LogP contribution in [0.1, 0.15) is 11.3 Å². The Labute approximate surface area is 132 Å². The SMILES string of the molecule is Cc1nc(NCCc2ccc(S(N)(=O)=O)cc2)ccc1Br. The molecule has 112 valence electrons. The number of nitrogens with one attached hydrogen (secondary N) is 1. The fourth-order valence-electron chi connectivity index (χ4n) is 1.82. The fourth-order valence-corrected chi connectivity index (χ4v) is 2.56. The maximum absolute atomic E-state index is 11.2. The summed E-state index contributed by atoms with van der Waals surface area (Å²) in [5.41, 5.74) is 1.96. The Kier molecular flexibility index (Phi) is 4.97.